The van der Waals surface area contributed by atoms with Crippen molar-refractivity contribution in [1.29, 1.82) is 0 Å². The maximum atomic E-state index is 6.26. The highest BCUT2D eigenvalue weighted by molar-refractivity contribution is 7.97. The van der Waals surface area contributed by atoms with Gasteiger partial charge in [-0.2, -0.15) is 0 Å². The van der Waals surface area contributed by atoms with Crippen LogP contribution < -0.4 is 4.74 Å². The standard InChI is InChI=1S/C28H45OS/c1-4-7-10-11-12-13-14-17-22-29-27-20-21-28(26-19-16-15-18-25(26)27)30(23-8-5-2)24-9-6-3/h15-16,18-21H,4-14,17,22-24H2,1-3H3/q+1. The van der Waals surface area contributed by atoms with Gasteiger partial charge in [0.1, 0.15) is 17.3 Å². The van der Waals surface area contributed by atoms with Crippen molar-refractivity contribution in [3.8, 4) is 5.75 Å². The predicted octanol–water partition coefficient (Wildman–Crippen LogP) is 8.94. The molecular formula is C28H45OS+. The summed E-state index contributed by atoms with van der Waals surface area (Å²) in [6.07, 6.45) is 16.0. The van der Waals surface area contributed by atoms with Crippen LogP contribution in [-0.2, 0) is 10.9 Å². The summed E-state index contributed by atoms with van der Waals surface area (Å²) in [6.45, 7) is 7.74. The minimum atomic E-state index is 0.360. The zero-order valence-electron chi connectivity index (χ0n) is 19.9. The van der Waals surface area contributed by atoms with Crippen LogP contribution in [0.4, 0.5) is 0 Å². The number of ether oxygens (including phenoxy) is 1. The van der Waals surface area contributed by atoms with E-state index >= 15 is 0 Å². The molecule has 0 unspecified atom stereocenters. The second-order valence-corrected chi connectivity index (χ2v) is 10.8. The number of hydrogen-bond donors (Lipinski definition) is 0. The number of unbranched alkanes of at least 4 members (excludes halogenated alkanes) is 9. The van der Waals surface area contributed by atoms with Crippen molar-refractivity contribution < 1.29 is 4.74 Å². The van der Waals surface area contributed by atoms with Crippen molar-refractivity contribution in [3.63, 3.8) is 0 Å². The Hall–Kier alpha value is -1.15. The lowest BCUT2D eigenvalue weighted by Gasteiger charge is -2.14. The average Bonchev–Trinajstić information content (AvgIpc) is 2.78. The van der Waals surface area contributed by atoms with Crippen molar-refractivity contribution in [1.82, 2.24) is 0 Å². The zero-order valence-corrected chi connectivity index (χ0v) is 20.7. The Morgan fingerprint density at radius 1 is 0.600 bits per heavy atom. The van der Waals surface area contributed by atoms with E-state index in [1.54, 1.807) is 4.90 Å². The summed E-state index contributed by atoms with van der Waals surface area (Å²) in [5.41, 5.74) is 0. The molecule has 2 aromatic rings. The molecule has 30 heavy (non-hydrogen) atoms. The summed E-state index contributed by atoms with van der Waals surface area (Å²) < 4.78 is 6.26. The van der Waals surface area contributed by atoms with Gasteiger partial charge in [-0.1, -0.05) is 96.8 Å². The van der Waals surface area contributed by atoms with Gasteiger partial charge in [-0.25, -0.2) is 0 Å². The van der Waals surface area contributed by atoms with Crippen molar-refractivity contribution in [2.75, 3.05) is 18.1 Å². The van der Waals surface area contributed by atoms with Gasteiger partial charge in [-0.3, -0.25) is 0 Å². The molecule has 2 heteroatoms. The van der Waals surface area contributed by atoms with E-state index in [4.69, 9.17) is 4.74 Å². The summed E-state index contributed by atoms with van der Waals surface area (Å²) in [7, 11) is 0.360. The Balaban J connectivity index is 1.95. The van der Waals surface area contributed by atoms with E-state index in [1.807, 2.05) is 0 Å². The minimum Gasteiger partial charge on any atom is -0.493 e. The number of hydrogen-bond acceptors (Lipinski definition) is 1. The Morgan fingerprint density at radius 2 is 1.17 bits per heavy atom. The maximum Gasteiger partial charge on any atom is 0.162 e. The van der Waals surface area contributed by atoms with Crippen LogP contribution in [-0.4, -0.2) is 18.1 Å². The molecule has 2 aromatic carbocycles. The second-order valence-electron chi connectivity index (χ2n) is 8.54. The molecule has 0 aliphatic carbocycles. The molecule has 1 nitrogen and oxygen atoms in total. The van der Waals surface area contributed by atoms with Gasteiger partial charge in [0.25, 0.3) is 0 Å². The number of rotatable bonds is 17. The van der Waals surface area contributed by atoms with E-state index < -0.39 is 0 Å². The first-order chi connectivity index (χ1) is 14.8. The first-order valence-electron chi connectivity index (χ1n) is 12.6. The first kappa shape index (κ1) is 25.1. The summed E-state index contributed by atoms with van der Waals surface area (Å²) >= 11 is 0. The third-order valence-electron chi connectivity index (χ3n) is 5.90. The third-order valence-corrected chi connectivity index (χ3v) is 8.44. The normalized spacial score (nSPS) is 11.5. The van der Waals surface area contributed by atoms with Crippen LogP contribution in [0.5, 0.6) is 5.75 Å². The summed E-state index contributed by atoms with van der Waals surface area (Å²) in [4.78, 5) is 1.56. The SMILES string of the molecule is CCCCCCCCCCOc1ccc([S+](CCCC)CCCC)c2ccccc12. The highest BCUT2D eigenvalue weighted by atomic mass is 32.2. The van der Waals surface area contributed by atoms with Gasteiger partial charge in [0, 0.05) is 21.7 Å². The topological polar surface area (TPSA) is 9.23 Å². The van der Waals surface area contributed by atoms with Crippen LogP contribution in [0.3, 0.4) is 0 Å². The predicted molar refractivity (Wildman–Crippen MR) is 137 cm³/mol. The molecule has 0 aliphatic heterocycles. The fourth-order valence-corrected chi connectivity index (χ4v) is 6.67. The smallest absolute Gasteiger partial charge is 0.162 e. The molecular weight excluding hydrogens is 384 g/mol. The number of fused-ring (bicyclic) bond motifs is 1. The molecule has 0 heterocycles. The Labute approximate surface area is 189 Å². The van der Waals surface area contributed by atoms with Crippen LogP contribution >= 0.6 is 0 Å². The second kappa shape index (κ2) is 15.6. The van der Waals surface area contributed by atoms with Crippen LogP contribution in [0.25, 0.3) is 10.8 Å². The Morgan fingerprint density at radius 3 is 1.80 bits per heavy atom. The molecule has 0 aromatic heterocycles. The summed E-state index contributed by atoms with van der Waals surface area (Å²) in [5.74, 6) is 3.74. The molecule has 0 spiro atoms. The monoisotopic (exact) mass is 429 g/mol. The average molecular weight is 430 g/mol. The van der Waals surface area contributed by atoms with Crippen LogP contribution in [0.2, 0.25) is 0 Å². The third kappa shape index (κ3) is 8.53. The quantitative estimate of drug-likeness (QED) is 0.180. The molecule has 0 saturated carbocycles. The van der Waals surface area contributed by atoms with Crippen molar-refractivity contribution in [2.45, 2.75) is 103 Å². The molecule has 0 bridgehead atoms. The molecule has 0 fully saturated rings. The van der Waals surface area contributed by atoms with Gasteiger partial charge in [0.2, 0.25) is 0 Å². The van der Waals surface area contributed by atoms with Crippen molar-refractivity contribution in [3.05, 3.63) is 36.4 Å². The largest absolute Gasteiger partial charge is 0.493 e. The van der Waals surface area contributed by atoms with Gasteiger partial charge in [-0.05, 0) is 37.5 Å². The molecule has 0 N–H and O–H groups in total. The Bertz CT molecular complexity index is 688. The lowest BCUT2D eigenvalue weighted by molar-refractivity contribution is 0.307. The fourth-order valence-electron chi connectivity index (χ4n) is 4.00. The fraction of sp³-hybridized carbons (Fsp3) is 0.643. The van der Waals surface area contributed by atoms with Crippen LogP contribution in [0.1, 0.15) is 97.8 Å². The van der Waals surface area contributed by atoms with Gasteiger partial charge in [0.15, 0.2) is 4.90 Å². The lowest BCUT2D eigenvalue weighted by atomic mass is 10.1. The van der Waals surface area contributed by atoms with Gasteiger partial charge < -0.3 is 4.74 Å². The van der Waals surface area contributed by atoms with E-state index in [0.717, 1.165) is 12.4 Å². The number of benzene rings is 2. The maximum absolute atomic E-state index is 6.26. The Kier molecular flexibility index (Phi) is 13.1. The highest BCUT2D eigenvalue weighted by Gasteiger charge is 2.24. The summed E-state index contributed by atoms with van der Waals surface area (Å²) in [6, 6.07) is 13.5. The summed E-state index contributed by atoms with van der Waals surface area (Å²) in [5, 5.41) is 2.72. The molecule has 0 atom stereocenters. The van der Waals surface area contributed by atoms with E-state index in [9.17, 15) is 0 Å². The minimum absolute atomic E-state index is 0.360. The lowest BCUT2D eigenvalue weighted by Crippen LogP contribution is -2.13. The molecule has 2 rings (SSSR count). The molecule has 0 saturated heterocycles. The van der Waals surface area contributed by atoms with Gasteiger partial charge in [0.05, 0.1) is 6.61 Å². The van der Waals surface area contributed by atoms with Crippen LogP contribution in [0, 0.1) is 0 Å². The van der Waals surface area contributed by atoms with Crippen molar-refractivity contribution >= 4 is 21.7 Å². The van der Waals surface area contributed by atoms with E-state index in [2.05, 4.69) is 57.2 Å². The van der Waals surface area contributed by atoms with Gasteiger partial charge in [-0.15, -0.1) is 0 Å². The molecule has 0 aliphatic rings. The van der Waals surface area contributed by atoms with E-state index in [0.29, 0.717) is 10.9 Å². The first-order valence-corrected chi connectivity index (χ1v) is 14.2. The van der Waals surface area contributed by atoms with Crippen LogP contribution in [0.15, 0.2) is 41.3 Å². The van der Waals surface area contributed by atoms with Crippen molar-refractivity contribution in [2.24, 2.45) is 0 Å². The molecule has 168 valence electrons. The zero-order chi connectivity index (χ0) is 21.4. The van der Waals surface area contributed by atoms with E-state index in [-0.39, 0.29) is 0 Å². The highest BCUT2D eigenvalue weighted by Crippen LogP contribution is 2.33. The molecule has 0 amide bonds. The van der Waals surface area contributed by atoms with Gasteiger partial charge >= 0.3 is 0 Å². The van der Waals surface area contributed by atoms with E-state index in [1.165, 1.54) is 99.3 Å². The molecule has 0 radical (unpaired) electrons.